The van der Waals surface area contributed by atoms with Gasteiger partial charge in [-0.1, -0.05) is 50.1 Å². The van der Waals surface area contributed by atoms with Crippen LogP contribution >= 0.6 is 0 Å². The molecule has 0 aliphatic heterocycles. The van der Waals surface area contributed by atoms with Gasteiger partial charge in [0, 0.05) is 23.8 Å². The second-order valence-corrected chi connectivity index (χ2v) is 11.5. The third-order valence-corrected chi connectivity index (χ3v) is 8.74. The first kappa shape index (κ1) is 22.6. The van der Waals surface area contributed by atoms with Crippen molar-refractivity contribution in [2.24, 2.45) is 17.8 Å². The Kier molecular flexibility index (Phi) is 5.58. The van der Waals surface area contributed by atoms with E-state index < -0.39 is 0 Å². The molecule has 0 saturated heterocycles. The fraction of sp³-hybridized carbons (Fsp3) is 0.552. The predicted octanol–water partition coefficient (Wildman–Crippen LogP) is 5.36. The number of amides is 1. The van der Waals surface area contributed by atoms with E-state index >= 15 is 0 Å². The number of carbonyl (C=O) groups is 1. The molecular weight excluding hydrogens is 436 g/mol. The molecule has 4 bridgehead atoms. The Balaban J connectivity index is 1.42. The first-order valence-corrected chi connectivity index (χ1v) is 13.5. The van der Waals surface area contributed by atoms with Crippen molar-refractivity contribution in [1.82, 2.24) is 19.5 Å². The lowest BCUT2D eigenvalue weighted by atomic mass is 9.53. The molecule has 0 unspecified atom stereocenters. The van der Waals surface area contributed by atoms with Gasteiger partial charge in [-0.15, -0.1) is 0 Å². The van der Waals surface area contributed by atoms with E-state index in [1.54, 1.807) is 6.20 Å². The highest BCUT2D eigenvalue weighted by Gasteiger charge is 2.51. The van der Waals surface area contributed by atoms with Crippen LogP contribution in [0.1, 0.15) is 80.8 Å². The molecule has 3 aromatic rings. The number of hydrogen-bond donors (Lipinski definition) is 1. The molecule has 1 amide bonds. The SMILES string of the molecule is CCCCCn1cc(C(=O)NC23CC4CC(CC(C4)C2)C3)c(=O)n2nc(C)c(-c3ccccc3)c12. The Labute approximate surface area is 206 Å². The average Bonchev–Trinajstić information content (AvgIpc) is 3.17. The van der Waals surface area contributed by atoms with Gasteiger partial charge in [-0.3, -0.25) is 9.59 Å². The smallest absolute Gasteiger partial charge is 0.287 e. The van der Waals surface area contributed by atoms with Gasteiger partial charge >= 0.3 is 0 Å². The van der Waals surface area contributed by atoms with Crippen molar-refractivity contribution in [3.8, 4) is 11.1 Å². The van der Waals surface area contributed by atoms with Crippen LogP contribution in [0.4, 0.5) is 0 Å². The number of aryl methyl sites for hydroxylation is 2. The van der Waals surface area contributed by atoms with Crippen molar-refractivity contribution >= 4 is 11.6 Å². The lowest BCUT2D eigenvalue weighted by Gasteiger charge is -2.56. The van der Waals surface area contributed by atoms with Crippen molar-refractivity contribution in [3.63, 3.8) is 0 Å². The number of unbranched alkanes of at least 4 members (excludes halogenated alkanes) is 2. The number of nitrogens with zero attached hydrogens (tertiary/aromatic N) is 3. The van der Waals surface area contributed by atoms with Crippen molar-refractivity contribution in [2.75, 3.05) is 0 Å². The molecule has 6 heteroatoms. The van der Waals surface area contributed by atoms with Gasteiger partial charge < -0.3 is 9.88 Å². The molecule has 0 radical (unpaired) electrons. The highest BCUT2D eigenvalue weighted by molar-refractivity contribution is 5.95. The summed E-state index contributed by atoms with van der Waals surface area (Å²) in [6.45, 7) is 4.88. The Morgan fingerprint density at radius 3 is 2.34 bits per heavy atom. The van der Waals surface area contributed by atoms with E-state index in [1.165, 1.54) is 23.8 Å². The van der Waals surface area contributed by atoms with Gasteiger partial charge in [0.25, 0.3) is 11.5 Å². The van der Waals surface area contributed by atoms with Gasteiger partial charge in [0.2, 0.25) is 0 Å². The third kappa shape index (κ3) is 3.91. The van der Waals surface area contributed by atoms with Crippen molar-refractivity contribution < 1.29 is 4.79 Å². The van der Waals surface area contributed by atoms with Crippen LogP contribution in [-0.4, -0.2) is 25.6 Å². The molecule has 4 aliphatic carbocycles. The van der Waals surface area contributed by atoms with Crippen LogP contribution in [0.15, 0.2) is 41.3 Å². The normalized spacial score (nSPS) is 27.0. The minimum atomic E-state index is -0.320. The first-order chi connectivity index (χ1) is 17.0. The summed E-state index contributed by atoms with van der Waals surface area (Å²) >= 11 is 0. The number of carbonyl (C=O) groups excluding carboxylic acids is 1. The average molecular weight is 473 g/mol. The van der Waals surface area contributed by atoms with Crippen LogP contribution in [0.25, 0.3) is 16.8 Å². The molecule has 0 atom stereocenters. The summed E-state index contributed by atoms with van der Waals surface area (Å²) in [5.41, 5.74) is 3.35. The molecule has 1 aromatic carbocycles. The summed E-state index contributed by atoms with van der Waals surface area (Å²) in [5, 5.41) is 8.05. The Morgan fingerprint density at radius 1 is 1.06 bits per heavy atom. The summed E-state index contributed by atoms with van der Waals surface area (Å²) < 4.78 is 3.56. The van der Waals surface area contributed by atoms with Gasteiger partial charge in [-0.2, -0.15) is 9.61 Å². The fourth-order valence-corrected chi connectivity index (χ4v) is 7.68. The topological polar surface area (TPSA) is 68.4 Å². The van der Waals surface area contributed by atoms with Crippen molar-refractivity contribution in [2.45, 2.75) is 83.7 Å². The summed E-state index contributed by atoms with van der Waals surface area (Å²) in [7, 11) is 0. The second kappa shape index (κ2) is 8.65. The number of aromatic nitrogens is 3. The quantitative estimate of drug-likeness (QED) is 0.471. The maximum Gasteiger partial charge on any atom is 0.287 e. The first-order valence-electron chi connectivity index (χ1n) is 13.5. The largest absolute Gasteiger partial charge is 0.346 e. The van der Waals surface area contributed by atoms with Gasteiger partial charge in [0.1, 0.15) is 11.2 Å². The minimum absolute atomic E-state index is 0.129. The van der Waals surface area contributed by atoms with E-state index in [-0.39, 0.29) is 22.6 Å². The Bertz CT molecular complexity index is 1280. The molecule has 4 fully saturated rings. The second-order valence-electron chi connectivity index (χ2n) is 11.5. The molecule has 4 saturated carbocycles. The predicted molar refractivity (Wildman–Crippen MR) is 138 cm³/mol. The standard InChI is InChI=1S/C29H36N4O2/c1-3-4-8-11-32-18-24(26(34)30-29-15-20-12-21(16-29)14-22(13-20)17-29)28(35)33-27(32)25(19(2)31-33)23-9-6-5-7-10-23/h5-7,9-10,18,20-22H,3-4,8,11-17H2,1-2H3,(H,30,34). The maximum absolute atomic E-state index is 13.7. The minimum Gasteiger partial charge on any atom is -0.346 e. The number of nitrogens with one attached hydrogen (secondary N) is 1. The monoisotopic (exact) mass is 472 g/mol. The zero-order chi connectivity index (χ0) is 24.2. The molecule has 1 N–H and O–H groups in total. The lowest BCUT2D eigenvalue weighted by Crippen LogP contribution is -2.60. The Morgan fingerprint density at radius 2 is 1.71 bits per heavy atom. The number of rotatable bonds is 7. The van der Waals surface area contributed by atoms with Crippen molar-refractivity contribution in [3.05, 3.63) is 58.1 Å². The van der Waals surface area contributed by atoms with E-state index in [2.05, 4.69) is 34.0 Å². The Hall–Kier alpha value is -2.89. The van der Waals surface area contributed by atoms with Crippen LogP contribution in [0, 0.1) is 24.7 Å². The zero-order valence-corrected chi connectivity index (χ0v) is 20.9. The molecule has 0 spiro atoms. The zero-order valence-electron chi connectivity index (χ0n) is 20.9. The molecule has 7 rings (SSSR count). The van der Waals surface area contributed by atoms with E-state index in [0.717, 1.165) is 85.3 Å². The summed E-state index contributed by atoms with van der Waals surface area (Å²) in [6.07, 6.45) is 12.2. The third-order valence-electron chi connectivity index (χ3n) is 8.74. The highest BCUT2D eigenvalue weighted by atomic mass is 16.2. The molecular formula is C29H36N4O2. The molecule has 4 aliphatic rings. The van der Waals surface area contributed by atoms with Gasteiger partial charge in [0.05, 0.1) is 5.69 Å². The number of hydrogen-bond acceptors (Lipinski definition) is 3. The summed E-state index contributed by atoms with van der Waals surface area (Å²) in [5.74, 6) is 1.98. The molecule has 2 heterocycles. The van der Waals surface area contributed by atoms with Gasteiger partial charge in [-0.05, 0) is 75.2 Å². The fourth-order valence-electron chi connectivity index (χ4n) is 7.68. The highest BCUT2D eigenvalue weighted by Crippen LogP contribution is 2.55. The van der Waals surface area contributed by atoms with Crippen LogP contribution in [-0.2, 0) is 6.54 Å². The number of benzene rings is 1. The van der Waals surface area contributed by atoms with E-state index in [4.69, 9.17) is 0 Å². The van der Waals surface area contributed by atoms with Crippen LogP contribution < -0.4 is 10.9 Å². The number of fused-ring (bicyclic) bond motifs is 1. The van der Waals surface area contributed by atoms with E-state index in [9.17, 15) is 9.59 Å². The van der Waals surface area contributed by atoms with Crippen molar-refractivity contribution in [1.29, 1.82) is 0 Å². The van der Waals surface area contributed by atoms with Crippen LogP contribution in [0.3, 0.4) is 0 Å². The summed E-state index contributed by atoms with van der Waals surface area (Å²) in [4.78, 5) is 27.3. The molecule has 35 heavy (non-hydrogen) atoms. The molecule has 6 nitrogen and oxygen atoms in total. The van der Waals surface area contributed by atoms with Gasteiger partial charge in [0.15, 0.2) is 0 Å². The van der Waals surface area contributed by atoms with E-state index in [0.29, 0.717) is 0 Å². The molecule has 184 valence electrons. The lowest BCUT2D eigenvalue weighted by molar-refractivity contribution is -0.0167. The maximum atomic E-state index is 13.7. The van der Waals surface area contributed by atoms with Crippen LogP contribution in [0.2, 0.25) is 0 Å². The summed E-state index contributed by atoms with van der Waals surface area (Å²) in [6, 6.07) is 10.1. The molecule has 2 aromatic heterocycles. The van der Waals surface area contributed by atoms with Crippen LogP contribution in [0.5, 0.6) is 0 Å². The van der Waals surface area contributed by atoms with Gasteiger partial charge in [-0.25, -0.2) is 0 Å². The van der Waals surface area contributed by atoms with E-state index in [1.807, 2.05) is 25.1 Å².